The molecule has 3 aromatic rings. The molecule has 1 atom stereocenters. The zero-order chi connectivity index (χ0) is 23.6. The zero-order valence-corrected chi connectivity index (χ0v) is 17.9. The lowest BCUT2D eigenvalue weighted by Crippen LogP contribution is -2.30. The third kappa shape index (κ3) is 5.01. The lowest BCUT2D eigenvalue weighted by molar-refractivity contribution is -0.145. The van der Waals surface area contributed by atoms with E-state index < -0.39 is 23.9 Å². The van der Waals surface area contributed by atoms with Gasteiger partial charge in [0, 0.05) is 35.9 Å². The quantitative estimate of drug-likeness (QED) is 0.642. The number of carbonyl (C=O) groups excluding carboxylic acids is 1. The van der Waals surface area contributed by atoms with E-state index >= 15 is 0 Å². The molecular formula is C22H22F3N5O2. The number of halogens is 3. The second-order valence-electron chi connectivity index (χ2n) is 7.74. The molecule has 32 heavy (non-hydrogen) atoms. The van der Waals surface area contributed by atoms with Crippen LogP contribution in [0.25, 0.3) is 5.82 Å². The molecule has 3 aromatic heterocycles. The third-order valence-electron chi connectivity index (χ3n) is 4.84. The SMILES string of the molecule is Cc1ccc(-n2cc(C(=O)N[C@H](C)c3cnc(C(F)(F)F)nc3)cc(C(C)C)c2=O)nc1. The number of pyridine rings is 2. The summed E-state index contributed by atoms with van der Waals surface area (Å²) in [6, 6.07) is 4.35. The highest BCUT2D eigenvalue weighted by molar-refractivity contribution is 5.94. The first kappa shape index (κ1) is 23.1. The summed E-state index contributed by atoms with van der Waals surface area (Å²) in [4.78, 5) is 36.7. The van der Waals surface area contributed by atoms with Gasteiger partial charge in [0.05, 0.1) is 11.6 Å². The number of rotatable bonds is 5. The van der Waals surface area contributed by atoms with Crippen LogP contribution in [0, 0.1) is 6.92 Å². The van der Waals surface area contributed by atoms with Crippen LogP contribution in [0.1, 0.15) is 65.6 Å². The summed E-state index contributed by atoms with van der Waals surface area (Å²) in [5, 5.41) is 2.71. The Kier molecular flexibility index (Phi) is 6.42. The van der Waals surface area contributed by atoms with Gasteiger partial charge in [0.2, 0.25) is 5.82 Å². The van der Waals surface area contributed by atoms with E-state index in [0.29, 0.717) is 16.9 Å². The van der Waals surface area contributed by atoms with Crippen molar-refractivity contribution in [3.63, 3.8) is 0 Å². The fraction of sp³-hybridized carbons (Fsp3) is 0.318. The number of carbonyl (C=O) groups is 1. The Balaban J connectivity index is 1.92. The Labute approximate surface area is 182 Å². The molecule has 1 N–H and O–H groups in total. The molecule has 3 rings (SSSR count). The molecule has 3 heterocycles. The molecule has 0 aliphatic rings. The van der Waals surface area contributed by atoms with E-state index in [1.165, 1.54) is 16.8 Å². The topological polar surface area (TPSA) is 89.8 Å². The monoisotopic (exact) mass is 445 g/mol. The van der Waals surface area contributed by atoms with Crippen molar-refractivity contribution < 1.29 is 18.0 Å². The molecule has 168 valence electrons. The molecule has 7 nitrogen and oxygen atoms in total. The standard InChI is InChI=1S/C22H22F3N5O2/c1-12(2)17-7-15(11-30(20(17)32)18-6-5-13(3)8-26-18)19(31)29-14(4)16-9-27-21(28-10-16)22(23,24)25/h5-12,14H,1-4H3,(H,29,31)/t14-/m1/s1. The number of nitrogens with zero attached hydrogens (tertiary/aromatic N) is 4. The van der Waals surface area contributed by atoms with Gasteiger partial charge in [0.1, 0.15) is 5.82 Å². The maximum atomic E-state index is 12.9. The van der Waals surface area contributed by atoms with E-state index in [9.17, 15) is 22.8 Å². The van der Waals surface area contributed by atoms with Crippen molar-refractivity contribution in [3.05, 3.63) is 81.4 Å². The Morgan fingerprint density at radius 1 is 1.06 bits per heavy atom. The van der Waals surface area contributed by atoms with Crippen LogP contribution in [0.3, 0.4) is 0 Å². The minimum atomic E-state index is -4.64. The average Bonchev–Trinajstić information content (AvgIpc) is 2.73. The predicted molar refractivity (Wildman–Crippen MR) is 112 cm³/mol. The fourth-order valence-electron chi connectivity index (χ4n) is 2.99. The lowest BCUT2D eigenvalue weighted by atomic mass is 10.0. The molecule has 0 saturated carbocycles. The fourth-order valence-corrected chi connectivity index (χ4v) is 2.99. The molecular weight excluding hydrogens is 423 g/mol. The molecule has 0 bridgehead atoms. The lowest BCUT2D eigenvalue weighted by Gasteiger charge is -2.17. The minimum Gasteiger partial charge on any atom is -0.345 e. The molecule has 0 aromatic carbocycles. The summed E-state index contributed by atoms with van der Waals surface area (Å²) in [6.07, 6.45) is 0.429. The maximum Gasteiger partial charge on any atom is 0.451 e. The van der Waals surface area contributed by atoms with E-state index in [-0.39, 0.29) is 17.0 Å². The molecule has 0 spiro atoms. The highest BCUT2D eigenvalue weighted by atomic mass is 19.4. The minimum absolute atomic E-state index is 0.146. The number of alkyl halides is 3. The number of hydrogen-bond acceptors (Lipinski definition) is 5. The maximum absolute atomic E-state index is 12.9. The van der Waals surface area contributed by atoms with Crippen molar-refractivity contribution in [2.75, 3.05) is 0 Å². The molecule has 1 amide bonds. The highest BCUT2D eigenvalue weighted by Crippen LogP contribution is 2.26. The first-order valence-corrected chi connectivity index (χ1v) is 9.87. The van der Waals surface area contributed by atoms with Crippen LogP contribution >= 0.6 is 0 Å². The van der Waals surface area contributed by atoms with Gasteiger partial charge in [-0.15, -0.1) is 0 Å². The van der Waals surface area contributed by atoms with Gasteiger partial charge >= 0.3 is 6.18 Å². The molecule has 0 saturated heterocycles. The van der Waals surface area contributed by atoms with Crippen LogP contribution in [-0.2, 0) is 6.18 Å². The number of amides is 1. The summed E-state index contributed by atoms with van der Waals surface area (Å²) < 4.78 is 39.3. The molecule has 0 fully saturated rings. The zero-order valence-electron chi connectivity index (χ0n) is 17.9. The van der Waals surface area contributed by atoms with Gasteiger partial charge in [-0.2, -0.15) is 13.2 Å². The van der Waals surface area contributed by atoms with Crippen molar-refractivity contribution in [1.82, 2.24) is 24.8 Å². The van der Waals surface area contributed by atoms with Gasteiger partial charge in [-0.05, 0) is 37.5 Å². The first-order valence-electron chi connectivity index (χ1n) is 9.87. The molecule has 0 aliphatic heterocycles. The second kappa shape index (κ2) is 8.89. The van der Waals surface area contributed by atoms with E-state index in [1.807, 2.05) is 26.8 Å². The smallest absolute Gasteiger partial charge is 0.345 e. The van der Waals surface area contributed by atoms with Gasteiger partial charge in [-0.25, -0.2) is 15.0 Å². The van der Waals surface area contributed by atoms with Crippen LogP contribution in [0.5, 0.6) is 0 Å². The highest BCUT2D eigenvalue weighted by Gasteiger charge is 2.34. The van der Waals surface area contributed by atoms with Crippen molar-refractivity contribution >= 4 is 5.91 Å². The van der Waals surface area contributed by atoms with Crippen molar-refractivity contribution in [1.29, 1.82) is 0 Å². The molecule has 0 unspecified atom stereocenters. The molecule has 10 heteroatoms. The summed E-state index contributed by atoms with van der Waals surface area (Å²) in [5.41, 5.74) is 1.61. The Morgan fingerprint density at radius 2 is 1.72 bits per heavy atom. The average molecular weight is 445 g/mol. The number of nitrogens with one attached hydrogen (secondary N) is 1. The number of aromatic nitrogens is 4. The molecule has 0 radical (unpaired) electrons. The Hall–Kier alpha value is -3.56. The van der Waals surface area contributed by atoms with Crippen LogP contribution in [0.4, 0.5) is 13.2 Å². The van der Waals surface area contributed by atoms with E-state index in [1.54, 1.807) is 19.2 Å². The van der Waals surface area contributed by atoms with Crippen LogP contribution in [-0.4, -0.2) is 25.4 Å². The predicted octanol–water partition coefficient (Wildman–Crippen LogP) is 3.96. The normalized spacial score (nSPS) is 12.6. The summed E-state index contributed by atoms with van der Waals surface area (Å²) >= 11 is 0. The van der Waals surface area contributed by atoms with Gasteiger partial charge in [0.25, 0.3) is 11.5 Å². The van der Waals surface area contributed by atoms with E-state index in [2.05, 4.69) is 20.3 Å². The van der Waals surface area contributed by atoms with Crippen molar-refractivity contribution in [2.45, 2.75) is 45.8 Å². The Morgan fingerprint density at radius 3 is 2.25 bits per heavy atom. The van der Waals surface area contributed by atoms with Crippen LogP contribution in [0.2, 0.25) is 0 Å². The molecule has 0 aliphatic carbocycles. The van der Waals surface area contributed by atoms with Crippen molar-refractivity contribution in [3.8, 4) is 5.82 Å². The summed E-state index contributed by atoms with van der Waals surface area (Å²) in [5.74, 6) is -1.52. The number of hydrogen-bond donors (Lipinski definition) is 1. The number of aryl methyl sites for hydroxylation is 1. The first-order chi connectivity index (χ1) is 15.0. The largest absolute Gasteiger partial charge is 0.451 e. The van der Waals surface area contributed by atoms with Gasteiger partial charge in [-0.3, -0.25) is 14.2 Å². The van der Waals surface area contributed by atoms with Crippen LogP contribution < -0.4 is 10.9 Å². The third-order valence-corrected chi connectivity index (χ3v) is 4.84. The van der Waals surface area contributed by atoms with E-state index in [4.69, 9.17) is 0 Å². The van der Waals surface area contributed by atoms with E-state index in [0.717, 1.165) is 18.0 Å². The van der Waals surface area contributed by atoms with Crippen molar-refractivity contribution in [2.24, 2.45) is 0 Å². The van der Waals surface area contributed by atoms with Gasteiger partial charge < -0.3 is 5.32 Å². The van der Waals surface area contributed by atoms with Gasteiger partial charge in [-0.1, -0.05) is 19.9 Å². The Bertz CT molecular complexity index is 1170. The summed E-state index contributed by atoms with van der Waals surface area (Å²) in [7, 11) is 0. The van der Waals surface area contributed by atoms with Gasteiger partial charge in [0.15, 0.2) is 0 Å². The van der Waals surface area contributed by atoms with Crippen LogP contribution in [0.15, 0.2) is 47.8 Å². The second-order valence-corrected chi connectivity index (χ2v) is 7.74. The summed E-state index contributed by atoms with van der Waals surface area (Å²) in [6.45, 7) is 7.15.